The van der Waals surface area contributed by atoms with Crippen LogP contribution in [-0.2, 0) is 6.42 Å². The van der Waals surface area contributed by atoms with Crippen LogP contribution < -0.4 is 0 Å². The Labute approximate surface area is 156 Å². The topological polar surface area (TPSA) is 60.1 Å². The highest BCUT2D eigenvalue weighted by Crippen LogP contribution is 2.32. The van der Waals surface area contributed by atoms with Crippen LogP contribution in [0.3, 0.4) is 0 Å². The van der Waals surface area contributed by atoms with E-state index in [0.717, 1.165) is 17.7 Å². The zero-order valence-corrected chi connectivity index (χ0v) is 15.0. The number of Topliss-reactive ketones (excluding diaryl/α,β-unsaturated/α-hetero) is 1. The van der Waals surface area contributed by atoms with Crippen LogP contribution in [0.15, 0.2) is 60.8 Å². The molecule has 132 valence electrons. The molecule has 5 heteroatoms. The lowest BCUT2D eigenvalue weighted by Gasteiger charge is -2.22. The molecule has 5 nitrogen and oxygen atoms in total. The van der Waals surface area contributed by atoms with Gasteiger partial charge in [-0.15, -0.1) is 5.10 Å². The lowest BCUT2D eigenvalue weighted by molar-refractivity contribution is 0.0962. The van der Waals surface area contributed by atoms with Crippen molar-refractivity contribution in [2.45, 2.75) is 25.7 Å². The maximum Gasteiger partial charge on any atom is 0.252 e. The predicted molar refractivity (Wildman–Crippen MR) is 103 cm³/mol. The van der Waals surface area contributed by atoms with Crippen molar-refractivity contribution in [2.24, 2.45) is 0 Å². The zero-order valence-electron chi connectivity index (χ0n) is 15.0. The minimum absolute atomic E-state index is 0.117. The average molecular weight is 354 g/mol. The van der Waals surface area contributed by atoms with E-state index >= 15 is 0 Å². The predicted octanol–water partition coefficient (Wildman–Crippen LogP) is 4.01. The number of benzene rings is 2. The fourth-order valence-electron chi connectivity index (χ4n) is 3.67. The van der Waals surface area contributed by atoms with Crippen LogP contribution in [0.25, 0.3) is 17.2 Å². The molecular weight excluding hydrogens is 336 g/mol. The summed E-state index contributed by atoms with van der Waals surface area (Å²) in [6.07, 6.45) is 3.03. The van der Waals surface area contributed by atoms with Crippen molar-refractivity contribution in [3.8, 4) is 11.4 Å². The lowest BCUT2D eigenvalue weighted by Crippen LogP contribution is -2.21. The number of nitrogens with zero attached hydrogens (tertiary/aromatic N) is 4. The van der Waals surface area contributed by atoms with Gasteiger partial charge in [0.15, 0.2) is 11.6 Å². The normalized spacial score (nSPS) is 16.5. The van der Waals surface area contributed by atoms with E-state index in [1.165, 1.54) is 11.1 Å². The van der Waals surface area contributed by atoms with E-state index in [9.17, 15) is 4.79 Å². The molecule has 1 aliphatic rings. The Morgan fingerprint density at radius 3 is 2.52 bits per heavy atom. The largest absolute Gasteiger partial charge is 0.294 e. The average Bonchev–Trinajstić information content (AvgIpc) is 3.10. The molecule has 0 N–H and O–H groups in total. The highest BCUT2D eigenvalue weighted by molar-refractivity contribution is 5.98. The number of carbonyl (C=O) groups excluding carboxylic acids is 1. The summed E-state index contributed by atoms with van der Waals surface area (Å²) in [5.41, 5.74) is 4.79. The second-order valence-electron chi connectivity index (χ2n) is 7.09. The summed E-state index contributed by atoms with van der Waals surface area (Å²) in [5, 5.41) is 4.52. The lowest BCUT2D eigenvalue weighted by atomic mass is 9.82. The van der Waals surface area contributed by atoms with Crippen LogP contribution in [-0.4, -0.2) is 25.4 Å². The molecule has 2 aromatic carbocycles. The number of hydrogen-bond acceptors (Lipinski definition) is 4. The van der Waals surface area contributed by atoms with Crippen LogP contribution in [0.4, 0.5) is 0 Å². The minimum atomic E-state index is 0.117. The summed E-state index contributed by atoms with van der Waals surface area (Å²) in [5.74, 6) is 1.44. The number of rotatable bonds is 2. The maximum absolute atomic E-state index is 12.7. The van der Waals surface area contributed by atoms with Gasteiger partial charge in [0, 0.05) is 18.2 Å². The molecule has 0 bridgehead atoms. The van der Waals surface area contributed by atoms with E-state index in [-0.39, 0.29) is 11.7 Å². The third-order valence-corrected chi connectivity index (χ3v) is 5.16. The molecule has 0 unspecified atom stereocenters. The molecule has 0 spiro atoms. The first kappa shape index (κ1) is 15.9. The number of carbonyl (C=O) groups is 1. The Morgan fingerprint density at radius 1 is 0.963 bits per heavy atom. The fraction of sp³-hybridized carbons (Fsp3) is 0.182. The minimum Gasteiger partial charge on any atom is -0.294 e. The van der Waals surface area contributed by atoms with Gasteiger partial charge in [-0.25, -0.2) is 9.50 Å². The number of fused-ring (bicyclic) bond motifs is 2. The van der Waals surface area contributed by atoms with Gasteiger partial charge in [-0.3, -0.25) is 4.79 Å². The smallest absolute Gasteiger partial charge is 0.252 e. The standard InChI is InChI=1S/C22H18N4O/c1-14-7-9-16(10-8-14)21-24-22-23-19-11-17(15-5-3-2-4-6-15)12-20(27)18(19)13-26(22)25-21/h2-10,13,17H,11-12H2,1H3/t17-/m1/s1. The van der Waals surface area contributed by atoms with Crippen LogP contribution in [0.2, 0.25) is 0 Å². The number of aryl methyl sites for hydroxylation is 1. The van der Waals surface area contributed by atoms with E-state index in [0.29, 0.717) is 23.6 Å². The van der Waals surface area contributed by atoms with Crippen LogP contribution in [0.5, 0.6) is 0 Å². The van der Waals surface area contributed by atoms with E-state index in [1.807, 2.05) is 49.4 Å². The van der Waals surface area contributed by atoms with Gasteiger partial charge in [0.05, 0.1) is 11.3 Å². The Bertz CT molecular complexity index is 1150. The monoisotopic (exact) mass is 354 g/mol. The molecule has 5 rings (SSSR count). The van der Waals surface area contributed by atoms with Gasteiger partial charge in [-0.2, -0.15) is 4.98 Å². The third kappa shape index (κ3) is 2.81. The Hall–Kier alpha value is -3.34. The number of ketones is 1. The van der Waals surface area contributed by atoms with Crippen molar-refractivity contribution in [1.82, 2.24) is 19.6 Å². The first-order chi connectivity index (χ1) is 13.2. The SMILES string of the molecule is Cc1ccc(-c2nc3nc4c(cn3n2)C(=O)C[C@H](c2ccccc2)C4)cc1. The van der Waals surface area contributed by atoms with Crippen molar-refractivity contribution < 1.29 is 4.79 Å². The summed E-state index contributed by atoms with van der Waals surface area (Å²) in [7, 11) is 0. The molecule has 0 aliphatic heterocycles. The van der Waals surface area contributed by atoms with Crippen molar-refractivity contribution in [2.75, 3.05) is 0 Å². The van der Waals surface area contributed by atoms with Crippen LogP contribution >= 0.6 is 0 Å². The van der Waals surface area contributed by atoms with Gasteiger partial charge in [0.1, 0.15) is 0 Å². The highest BCUT2D eigenvalue weighted by Gasteiger charge is 2.28. The molecule has 0 saturated heterocycles. The second-order valence-corrected chi connectivity index (χ2v) is 7.09. The molecule has 0 amide bonds. The van der Waals surface area contributed by atoms with Gasteiger partial charge in [0.2, 0.25) is 0 Å². The molecule has 2 aromatic heterocycles. The molecule has 2 heterocycles. The molecular formula is C22H18N4O. The highest BCUT2D eigenvalue weighted by atomic mass is 16.1. The van der Waals surface area contributed by atoms with Gasteiger partial charge in [-0.1, -0.05) is 60.2 Å². The molecule has 0 radical (unpaired) electrons. The van der Waals surface area contributed by atoms with Gasteiger partial charge >= 0.3 is 0 Å². The zero-order chi connectivity index (χ0) is 18.4. The summed E-state index contributed by atoms with van der Waals surface area (Å²) in [6, 6.07) is 18.2. The number of aromatic nitrogens is 4. The van der Waals surface area contributed by atoms with Crippen LogP contribution in [0.1, 0.15) is 39.5 Å². The van der Waals surface area contributed by atoms with E-state index in [2.05, 4.69) is 27.2 Å². The van der Waals surface area contributed by atoms with E-state index in [1.54, 1.807) is 10.7 Å². The summed E-state index contributed by atoms with van der Waals surface area (Å²) >= 11 is 0. The quantitative estimate of drug-likeness (QED) is 0.546. The molecule has 0 saturated carbocycles. The van der Waals surface area contributed by atoms with Crippen molar-refractivity contribution in [3.05, 3.63) is 83.2 Å². The van der Waals surface area contributed by atoms with Crippen molar-refractivity contribution in [3.63, 3.8) is 0 Å². The van der Waals surface area contributed by atoms with Crippen molar-refractivity contribution in [1.29, 1.82) is 0 Å². The first-order valence-electron chi connectivity index (χ1n) is 9.09. The summed E-state index contributed by atoms with van der Waals surface area (Å²) < 4.78 is 1.62. The number of hydrogen-bond donors (Lipinski definition) is 0. The maximum atomic E-state index is 12.7. The van der Waals surface area contributed by atoms with E-state index in [4.69, 9.17) is 0 Å². The molecule has 1 atom stereocenters. The Kier molecular flexibility index (Phi) is 3.60. The first-order valence-corrected chi connectivity index (χ1v) is 9.09. The third-order valence-electron chi connectivity index (χ3n) is 5.16. The summed E-state index contributed by atoms with van der Waals surface area (Å²) in [6.45, 7) is 2.05. The second kappa shape index (κ2) is 6.13. The van der Waals surface area contributed by atoms with E-state index < -0.39 is 0 Å². The van der Waals surface area contributed by atoms with Gasteiger partial charge < -0.3 is 0 Å². The van der Waals surface area contributed by atoms with Crippen LogP contribution in [0, 0.1) is 6.92 Å². The Morgan fingerprint density at radius 2 is 1.74 bits per heavy atom. The molecule has 1 aliphatic carbocycles. The Balaban J connectivity index is 1.56. The molecule has 27 heavy (non-hydrogen) atoms. The van der Waals surface area contributed by atoms with Crippen molar-refractivity contribution >= 4 is 11.6 Å². The van der Waals surface area contributed by atoms with Gasteiger partial charge in [-0.05, 0) is 24.8 Å². The fourth-order valence-corrected chi connectivity index (χ4v) is 3.67. The summed E-state index contributed by atoms with van der Waals surface area (Å²) in [4.78, 5) is 22.0. The molecule has 4 aromatic rings. The van der Waals surface area contributed by atoms with Gasteiger partial charge in [0.25, 0.3) is 5.78 Å². The molecule has 0 fully saturated rings.